The third-order valence-electron chi connectivity index (χ3n) is 4.54. The van der Waals surface area contributed by atoms with E-state index in [9.17, 15) is 14.0 Å². The minimum atomic E-state index is -0.369. The lowest BCUT2D eigenvalue weighted by Crippen LogP contribution is -2.42. The van der Waals surface area contributed by atoms with Crippen molar-refractivity contribution >= 4 is 11.8 Å². The van der Waals surface area contributed by atoms with Crippen LogP contribution in [0.3, 0.4) is 0 Å². The molecule has 1 saturated heterocycles. The van der Waals surface area contributed by atoms with Crippen LogP contribution in [-0.2, 0) is 20.7 Å². The van der Waals surface area contributed by atoms with Gasteiger partial charge in [-0.3, -0.25) is 9.59 Å². The van der Waals surface area contributed by atoms with E-state index in [0.717, 1.165) is 24.0 Å². The molecule has 2 aromatic carbocycles. The average Bonchev–Trinajstić information content (AvgIpc) is 3.21. The van der Waals surface area contributed by atoms with E-state index >= 15 is 0 Å². The predicted molar refractivity (Wildman–Crippen MR) is 99.4 cm³/mol. The summed E-state index contributed by atoms with van der Waals surface area (Å²) >= 11 is 0. The van der Waals surface area contributed by atoms with Crippen molar-refractivity contribution in [1.82, 2.24) is 10.6 Å². The van der Waals surface area contributed by atoms with E-state index in [1.165, 1.54) is 12.1 Å². The number of nitrogens with one attached hydrogen (secondary N) is 2. The minimum Gasteiger partial charge on any atom is -0.376 e. The van der Waals surface area contributed by atoms with Gasteiger partial charge in [-0.2, -0.15) is 0 Å². The van der Waals surface area contributed by atoms with E-state index in [1.54, 1.807) is 12.1 Å². The molecular weight excluding hydrogens is 347 g/mol. The van der Waals surface area contributed by atoms with Crippen molar-refractivity contribution < 1.29 is 18.7 Å². The van der Waals surface area contributed by atoms with Gasteiger partial charge in [-0.15, -0.1) is 0 Å². The van der Waals surface area contributed by atoms with Crippen molar-refractivity contribution in [3.8, 4) is 0 Å². The van der Waals surface area contributed by atoms with Crippen LogP contribution in [-0.4, -0.2) is 31.1 Å². The Hall–Kier alpha value is -2.73. The summed E-state index contributed by atoms with van der Waals surface area (Å²) in [5, 5.41) is 5.55. The fourth-order valence-corrected chi connectivity index (χ4v) is 3.17. The van der Waals surface area contributed by atoms with Gasteiger partial charge < -0.3 is 15.4 Å². The summed E-state index contributed by atoms with van der Waals surface area (Å²) in [4.78, 5) is 24.4. The highest BCUT2D eigenvalue weighted by molar-refractivity contribution is 5.85. The number of rotatable bonds is 7. The Labute approximate surface area is 157 Å². The van der Waals surface area contributed by atoms with E-state index in [0.29, 0.717) is 6.61 Å². The van der Waals surface area contributed by atoms with Crippen LogP contribution in [0.25, 0.3) is 0 Å². The molecule has 3 rings (SSSR count). The quantitative estimate of drug-likeness (QED) is 0.787. The molecular formula is C21H23FN2O3. The van der Waals surface area contributed by atoms with Crippen molar-refractivity contribution in [1.29, 1.82) is 0 Å². The number of ether oxygens (including phenoxy) is 1. The number of carbonyl (C=O) groups excluding carboxylic acids is 2. The van der Waals surface area contributed by atoms with Gasteiger partial charge in [-0.05, 0) is 36.1 Å². The molecule has 0 spiro atoms. The van der Waals surface area contributed by atoms with E-state index in [2.05, 4.69) is 10.6 Å². The number of hydrogen-bond donors (Lipinski definition) is 2. The van der Waals surface area contributed by atoms with Crippen LogP contribution < -0.4 is 10.6 Å². The summed E-state index contributed by atoms with van der Waals surface area (Å²) in [6.07, 6.45) is 1.81. The number of amides is 2. The monoisotopic (exact) mass is 370 g/mol. The lowest BCUT2D eigenvalue weighted by Gasteiger charge is -2.25. The molecule has 1 aliphatic heterocycles. The van der Waals surface area contributed by atoms with E-state index in [4.69, 9.17) is 4.74 Å². The highest BCUT2D eigenvalue weighted by Gasteiger charge is 2.28. The topological polar surface area (TPSA) is 67.4 Å². The molecule has 142 valence electrons. The van der Waals surface area contributed by atoms with Gasteiger partial charge in [-0.25, -0.2) is 4.39 Å². The molecule has 0 bridgehead atoms. The first-order valence-electron chi connectivity index (χ1n) is 9.09. The van der Waals surface area contributed by atoms with E-state index in [1.807, 2.05) is 30.3 Å². The summed E-state index contributed by atoms with van der Waals surface area (Å²) in [6.45, 7) is 0.530. The standard InChI is InChI=1S/C21H23FN2O3/c22-17-10-8-16(9-11-17)21(18-7-4-12-27-18)24-20(26)14-23-19(25)13-15-5-2-1-3-6-15/h1-3,5-6,8-11,18,21H,4,7,12-14H2,(H,23,25)(H,24,26)/t18-,21+/m0/s1. The summed E-state index contributed by atoms with van der Waals surface area (Å²) in [7, 11) is 0. The Morgan fingerprint density at radius 2 is 1.81 bits per heavy atom. The first-order valence-corrected chi connectivity index (χ1v) is 9.09. The van der Waals surface area contributed by atoms with E-state index in [-0.39, 0.29) is 42.7 Å². The number of benzene rings is 2. The SMILES string of the molecule is O=C(Cc1ccccc1)NCC(=O)N[C@H](c1ccc(F)cc1)[C@@H]1CCCO1. The summed E-state index contributed by atoms with van der Waals surface area (Å²) in [5.74, 6) is -0.850. The van der Waals surface area contributed by atoms with Crippen LogP contribution in [0, 0.1) is 5.82 Å². The van der Waals surface area contributed by atoms with Crippen LogP contribution in [0.2, 0.25) is 0 Å². The maximum atomic E-state index is 13.2. The molecule has 5 nitrogen and oxygen atoms in total. The normalized spacial score (nSPS) is 17.3. The van der Waals surface area contributed by atoms with Gasteiger partial charge in [0.05, 0.1) is 25.1 Å². The Kier molecular flexibility index (Phi) is 6.54. The molecule has 6 heteroatoms. The van der Waals surface area contributed by atoms with Gasteiger partial charge in [0.2, 0.25) is 11.8 Å². The van der Waals surface area contributed by atoms with Crippen LogP contribution in [0.5, 0.6) is 0 Å². The van der Waals surface area contributed by atoms with Gasteiger partial charge in [0, 0.05) is 6.61 Å². The first-order chi connectivity index (χ1) is 13.1. The van der Waals surface area contributed by atoms with Crippen LogP contribution in [0.15, 0.2) is 54.6 Å². The second-order valence-corrected chi connectivity index (χ2v) is 6.59. The van der Waals surface area contributed by atoms with Crippen molar-refractivity contribution in [2.75, 3.05) is 13.2 Å². The zero-order valence-electron chi connectivity index (χ0n) is 15.0. The Morgan fingerprint density at radius 1 is 1.07 bits per heavy atom. The molecule has 2 N–H and O–H groups in total. The molecule has 0 unspecified atom stereocenters. The third-order valence-corrected chi connectivity index (χ3v) is 4.54. The Morgan fingerprint density at radius 3 is 2.48 bits per heavy atom. The molecule has 0 saturated carbocycles. The summed E-state index contributed by atoms with van der Waals surface area (Å²) in [6, 6.07) is 15.0. The largest absolute Gasteiger partial charge is 0.376 e. The molecule has 1 heterocycles. The Balaban J connectivity index is 1.55. The molecule has 0 aromatic heterocycles. The van der Waals surface area contributed by atoms with Crippen molar-refractivity contribution in [3.05, 3.63) is 71.5 Å². The molecule has 1 fully saturated rings. The maximum Gasteiger partial charge on any atom is 0.239 e. The van der Waals surface area contributed by atoms with Crippen molar-refractivity contribution in [2.24, 2.45) is 0 Å². The molecule has 0 radical (unpaired) electrons. The predicted octanol–water partition coefficient (Wildman–Crippen LogP) is 2.52. The van der Waals surface area contributed by atoms with Gasteiger partial charge in [0.25, 0.3) is 0 Å². The van der Waals surface area contributed by atoms with E-state index < -0.39 is 0 Å². The third kappa shape index (κ3) is 5.62. The molecule has 2 aromatic rings. The van der Waals surface area contributed by atoms with Gasteiger partial charge in [-0.1, -0.05) is 42.5 Å². The fourth-order valence-electron chi connectivity index (χ4n) is 3.17. The number of halogens is 1. The van der Waals surface area contributed by atoms with Crippen LogP contribution in [0.4, 0.5) is 4.39 Å². The second-order valence-electron chi connectivity index (χ2n) is 6.59. The zero-order valence-corrected chi connectivity index (χ0v) is 15.0. The molecule has 1 aliphatic rings. The average molecular weight is 370 g/mol. The van der Waals surface area contributed by atoms with Crippen molar-refractivity contribution in [2.45, 2.75) is 31.4 Å². The minimum absolute atomic E-state index is 0.115. The zero-order chi connectivity index (χ0) is 19.1. The fraction of sp³-hybridized carbons (Fsp3) is 0.333. The molecule has 2 amide bonds. The van der Waals surface area contributed by atoms with Crippen molar-refractivity contribution in [3.63, 3.8) is 0 Å². The van der Waals surface area contributed by atoms with Gasteiger partial charge in [0.15, 0.2) is 0 Å². The van der Waals surface area contributed by atoms with Gasteiger partial charge in [0.1, 0.15) is 5.82 Å². The van der Waals surface area contributed by atoms with Crippen LogP contribution in [0.1, 0.15) is 30.0 Å². The summed E-state index contributed by atoms with van der Waals surface area (Å²) < 4.78 is 18.9. The number of hydrogen-bond acceptors (Lipinski definition) is 3. The smallest absolute Gasteiger partial charge is 0.239 e. The molecule has 0 aliphatic carbocycles. The second kappa shape index (κ2) is 9.28. The van der Waals surface area contributed by atoms with Gasteiger partial charge >= 0.3 is 0 Å². The first kappa shape index (κ1) is 19.0. The summed E-state index contributed by atoms with van der Waals surface area (Å²) in [5.41, 5.74) is 1.67. The lowest BCUT2D eigenvalue weighted by atomic mass is 9.99. The Bertz CT molecular complexity index is 759. The maximum absolute atomic E-state index is 13.2. The molecule has 27 heavy (non-hydrogen) atoms. The number of carbonyl (C=O) groups is 2. The highest BCUT2D eigenvalue weighted by atomic mass is 19.1. The highest BCUT2D eigenvalue weighted by Crippen LogP contribution is 2.27. The lowest BCUT2D eigenvalue weighted by molar-refractivity contribution is -0.126. The molecule has 2 atom stereocenters. The van der Waals surface area contributed by atoms with Crippen LogP contribution >= 0.6 is 0 Å².